The van der Waals surface area contributed by atoms with E-state index in [1.54, 1.807) is 13.1 Å². The number of benzene rings is 2. The van der Waals surface area contributed by atoms with Gasteiger partial charge >= 0.3 is 6.18 Å². The van der Waals surface area contributed by atoms with E-state index in [0.29, 0.717) is 15.5 Å². The number of aromatic nitrogens is 1. The van der Waals surface area contributed by atoms with E-state index in [4.69, 9.17) is 12.2 Å². The minimum Gasteiger partial charge on any atom is -0.338 e. The highest BCUT2D eigenvalue weighted by Gasteiger charge is 2.34. The Morgan fingerprint density at radius 3 is 2.59 bits per heavy atom. The maximum atomic E-state index is 13.2. The number of carbonyl (C=O) groups is 2. The van der Waals surface area contributed by atoms with Crippen molar-refractivity contribution in [3.63, 3.8) is 0 Å². The summed E-state index contributed by atoms with van der Waals surface area (Å²) in [6, 6.07) is 12.3. The quantitative estimate of drug-likeness (QED) is 0.227. The predicted octanol–water partition coefficient (Wildman–Crippen LogP) is 5.16. The maximum Gasteiger partial charge on any atom is 0.416 e. The zero-order valence-corrected chi connectivity index (χ0v) is 19.5. The van der Waals surface area contributed by atoms with Gasteiger partial charge in [-0.15, -0.1) is 6.58 Å². The van der Waals surface area contributed by atoms with Crippen LogP contribution in [0.1, 0.15) is 11.1 Å². The molecule has 2 amide bonds. The van der Waals surface area contributed by atoms with Gasteiger partial charge < -0.3 is 4.57 Å². The van der Waals surface area contributed by atoms with E-state index >= 15 is 0 Å². The van der Waals surface area contributed by atoms with E-state index in [1.807, 2.05) is 28.8 Å². The number of nitrogens with zero attached hydrogens (tertiary/aromatic N) is 2. The topological polar surface area (TPSA) is 54.3 Å². The van der Waals surface area contributed by atoms with Crippen molar-refractivity contribution in [1.82, 2.24) is 14.8 Å². The second-order valence-corrected chi connectivity index (χ2v) is 8.89. The Kier molecular flexibility index (Phi) is 6.37. The van der Waals surface area contributed by atoms with Gasteiger partial charge in [0.15, 0.2) is 5.11 Å². The van der Waals surface area contributed by atoms with Crippen LogP contribution in [-0.4, -0.2) is 32.9 Å². The molecule has 0 bridgehead atoms. The van der Waals surface area contributed by atoms with Gasteiger partial charge in [-0.2, -0.15) is 13.2 Å². The van der Waals surface area contributed by atoms with Crippen molar-refractivity contribution in [1.29, 1.82) is 0 Å². The van der Waals surface area contributed by atoms with Crippen LogP contribution in [0, 0.1) is 0 Å². The van der Waals surface area contributed by atoms with Crippen LogP contribution in [0.4, 0.5) is 13.2 Å². The lowest BCUT2D eigenvalue weighted by molar-refractivity contribution is -0.137. The lowest BCUT2D eigenvalue weighted by Crippen LogP contribution is -2.53. The molecule has 174 valence electrons. The number of hydrogen-bond donors (Lipinski definition) is 1. The number of hydrogen-bond acceptors (Lipinski definition) is 4. The summed E-state index contributed by atoms with van der Waals surface area (Å²) >= 11 is 6.22. The highest BCUT2D eigenvalue weighted by Crippen LogP contribution is 2.40. The fourth-order valence-corrected chi connectivity index (χ4v) is 4.96. The molecular weight excluding hydrogens is 483 g/mol. The van der Waals surface area contributed by atoms with Crippen LogP contribution in [0.3, 0.4) is 0 Å². The summed E-state index contributed by atoms with van der Waals surface area (Å²) in [4.78, 5) is 27.3. The monoisotopic (exact) mass is 501 g/mol. The molecule has 3 aromatic rings. The highest BCUT2D eigenvalue weighted by atomic mass is 32.2. The molecule has 1 aliphatic heterocycles. The SMILES string of the molecule is C=CCN1C(=O)C(=Cc2c(Sc3cccc(C(F)(F)F)c3)n(C)c3ccccc23)C(=O)NC1=S. The Morgan fingerprint density at radius 2 is 1.88 bits per heavy atom. The number of alkyl halides is 3. The number of halogens is 3. The summed E-state index contributed by atoms with van der Waals surface area (Å²) in [6.07, 6.45) is -1.51. The summed E-state index contributed by atoms with van der Waals surface area (Å²) in [5, 5.41) is 3.82. The first kappa shape index (κ1) is 23.8. The van der Waals surface area contributed by atoms with Crippen LogP contribution >= 0.6 is 24.0 Å². The second kappa shape index (κ2) is 9.11. The van der Waals surface area contributed by atoms with E-state index in [2.05, 4.69) is 11.9 Å². The van der Waals surface area contributed by atoms with Gasteiger partial charge in [0.2, 0.25) is 0 Å². The first-order chi connectivity index (χ1) is 16.1. The van der Waals surface area contributed by atoms with E-state index in [-0.39, 0.29) is 17.2 Å². The van der Waals surface area contributed by atoms with Gasteiger partial charge in [0, 0.05) is 35.0 Å². The smallest absolute Gasteiger partial charge is 0.338 e. The molecule has 1 saturated heterocycles. The Hall–Kier alpha value is -3.37. The van der Waals surface area contributed by atoms with E-state index in [1.165, 1.54) is 23.1 Å². The lowest BCUT2D eigenvalue weighted by atomic mass is 10.1. The minimum atomic E-state index is -4.47. The molecule has 34 heavy (non-hydrogen) atoms. The highest BCUT2D eigenvalue weighted by molar-refractivity contribution is 7.99. The van der Waals surface area contributed by atoms with Crippen molar-refractivity contribution >= 4 is 57.9 Å². The Bertz CT molecular complexity index is 1380. The van der Waals surface area contributed by atoms with Crippen LogP contribution in [0.25, 0.3) is 17.0 Å². The van der Waals surface area contributed by atoms with Gasteiger partial charge in [-0.3, -0.25) is 19.8 Å². The third-order valence-corrected chi connectivity index (χ3v) is 6.75. The van der Waals surface area contributed by atoms with Crippen LogP contribution < -0.4 is 5.32 Å². The molecule has 0 aliphatic carbocycles. The molecule has 1 aromatic heterocycles. The van der Waals surface area contributed by atoms with Gasteiger partial charge in [0.25, 0.3) is 11.8 Å². The normalized spacial score (nSPS) is 15.8. The van der Waals surface area contributed by atoms with Crippen molar-refractivity contribution in [3.8, 4) is 0 Å². The van der Waals surface area contributed by atoms with Crippen molar-refractivity contribution in [3.05, 3.63) is 77.9 Å². The van der Waals surface area contributed by atoms with Crippen molar-refractivity contribution in [2.45, 2.75) is 16.1 Å². The van der Waals surface area contributed by atoms with Crippen molar-refractivity contribution in [2.24, 2.45) is 7.05 Å². The van der Waals surface area contributed by atoms with E-state index < -0.39 is 23.6 Å². The fraction of sp³-hybridized carbons (Fsp3) is 0.125. The van der Waals surface area contributed by atoms with Gasteiger partial charge in [0.05, 0.1) is 10.6 Å². The Labute approximate surface area is 202 Å². The first-order valence-electron chi connectivity index (χ1n) is 10.0. The molecule has 0 atom stereocenters. The molecular formula is C24H18F3N3O2S2. The molecule has 4 rings (SSSR count). The molecule has 0 saturated carbocycles. The molecule has 0 radical (unpaired) electrons. The standard InChI is InChI=1S/C24H18F3N3O2S2/c1-3-11-30-21(32)18(20(31)28-23(30)33)13-17-16-9-4-5-10-19(16)29(2)22(17)34-15-8-6-7-14(12-15)24(25,26)27/h3-10,12-13H,1,11H2,2H3,(H,28,31,33). The number of rotatable bonds is 5. The molecule has 0 unspecified atom stereocenters. The summed E-state index contributed by atoms with van der Waals surface area (Å²) in [5.74, 6) is -1.21. The minimum absolute atomic E-state index is 0.0106. The molecule has 1 N–H and O–H groups in total. The third-order valence-electron chi connectivity index (χ3n) is 5.25. The Morgan fingerprint density at radius 1 is 1.15 bits per heavy atom. The summed E-state index contributed by atoms with van der Waals surface area (Å²) in [5.41, 5.74) is 0.459. The number of para-hydroxylation sites is 1. The number of thiocarbonyl (C=S) groups is 1. The summed E-state index contributed by atoms with van der Waals surface area (Å²) < 4.78 is 41.5. The molecule has 10 heteroatoms. The number of nitrogens with one attached hydrogen (secondary N) is 1. The second-order valence-electron chi connectivity index (χ2n) is 7.44. The van der Waals surface area contributed by atoms with Crippen molar-refractivity contribution < 1.29 is 22.8 Å². The first-order valence-corrected chi connectivity index (χ1v) is 11.3. The van der Waals surface area contributed by atoms with Crippen LogP contribution in [0.2, 0.25) is 0 Å². The summed E-state index contributed by atoms with van der Waals surface area (Å²) in [6.45, 7) is 3.73. The van der Waals surface area contributed by atoms with Gasteiger partial charge in [-0.1, -0.05) is 42.1 Å². The predicted molar refractivity (Wildman–Crippen MR) is 129 cm³/mol. The molecule has 2 heterocycles. The molecule has 1 aliphatic rings. The molecule has 2 aromatic carbocycles. The molecule has 1 fully saturated rings. The average molecular weight is 502 g/mol. The van der Waals surface area contributed by atoms with E-state index in [0.717, 1.165) is 34.8 Å². The maximum absolute atomic E-state index is 13.2. The zero-order valence-electron chi connectivity index (χ0n) is 17.8. The number of fused-ring (bicyclic) bond motifs is 1. The number of carbonyl (C=O) groups excluding carboxylic acids is 2. The average Bonchev–Trinajstić information content (AvgIpc) is 3.05. The zero-order chi connectivity index (χ0) is 24.6. The van der Waals surface area contributed by atoms with Crippen LogP contribution in [-0.2, 0) is 22.8 Å². The van der Waals surface area contributed by atoms with E-state index in [9.17, 15) is 22.8 Å². The van der Waals surface area contributed by atoms with Crippen LogP contribution in [0.15, 0.2) is 76.7 Å². The largest absolute Gasteiger partial charge is 0.416 e. The van der Waals surface area contributed by atoms with Crippen molar-refractivity contribution in [2.75, 3.05) is 6.54 Å². The Balaban J connectivity index is 1.86. The van der Waals surface area contributed by atoms with Gasteiger partial charge in [0.1, 0.15) is 5.57 Å². The van der Waals surface area contributed by atoms with Gasteiger partial charge in [-0.05, 0) is 42.6 Å². The molecule has 0 spiro atoms. The van der Waals surface area contributed by atoms with Crippen LogP contribution in [0.5, 0.6) is 0 Å². The number of aryl methyl sites for hydroxylation is 1. The summed E-state index contributed by atoms with van der Waals surface area (Å²) in [7, 11) is 1.78. The fourth-order valence-electron chi connectivity index (χ4n) is 3.64. The van der Waals surface area contributed by atoms with Gasteiger partial charge in [-0.25, -0.2) is 0 Å². The lowest BCUT2D eigenvalue weighted by Gasteiger charge is -2.27. The molecule has 5 nitrogen and oxygen atoms in total. The third kappa shape index (κ3) is 4.38. The number of amides is 2.